The predicted molar refractivity (Wildman–Crippen MR) is 60.9 cm³/mol. The number of halogens is 1. The Morgan fingerprint density at radius 1 is 1.64 bits per heavy atom. The van der Waals surface area contributed by atoms with Crippen LogP contribution in [0.1, 0.15) is 25.5 Å². The van der Waals surface area contributed by atoms with Crippen molar-refractivity contribution in [3.05, 3.63) is 41.2 Å². The highest BCUT2D eigenvalue weighted by molar-refractivity contribution is 9.10. The van der Waals surface area contributed by atoms with Crippen molar-refractivity contribution in [3.8, 4) is 0 Å². The molecule has 0 bridgehead atoms. The van der Waals surface area contributed by atoms with Crippen LogP contribution in [0, 0.1) is 0 Å². The molecular formula is C11H14BrNO. The van der Waals surface area contributed by atoms with Crippen LogP contribution in [-0.2, 0) is 5.60 Å². The topological polar surface area (TPSA) is 33.1 Å². The minimum Gasteiger partial charge on any atom is -0.384 e. The minimum atomic E-state index is -0.877. The fourth-order valence-corrected chi connectivity index (χ4v) is 1.56. The zero-order chi connectivity index (χ0) is 10.6. The van der Waals surface area contributed by atoms with Crippen molar-refractivity contribution < 1.29 is 5.11 Å². The molecule has 0 unspecified atom stereocenters. The SMILES string of the molecule is C=CCC[C@@](C)(O)c1cccc(Br)n1. The van der Waals surface area contributed by atoms with Gasteiger partial charge in [-0.3, -0.25) is 0 Å². The fraction of sp³-hybridized carbons (Fsp3) is 0.364. The molecule has 1 heterocycles. The molecule has 1 atom stereocenters. The normalized spacial score (nSPS) is 14.8. The molecule has 0 spiro atoms. The second-order valence-corrected chi connectivity index (χ2v) is 4.26. The molecule has 0 saturated carbocycles. The minimum absolute atomic E-state index is 0.639. The van der Waals surface area contributed by atoms with Gasteiger partial charge in [0, 0.05) is 0 Å². The maximum absolute atomic E-state index is 10.1. The van der Waals surface area contributed by atoms with Crippen LogP contribution in [0.4, 0.5) is 0 Å². The number of hydrogen-bond acceptors (Lipinski definition) is 2. The first kappa shape index (κ1) is 11.4. The Morgan fingerprint density at radius 2 is 2.36 bits per heavy atom. The summed E-state index contributed by atoms with van der Waals surface area (Å²) < 4.78 is 0.744. The molecule has 2 nitrogen and oxygen atoms in total. The quantitative estimate of drug-likeness (QED) is 0.663. The Bertz CT molecular complexity index is 323. The zero-order valence-electron chi connectivity index (χ0n) is 8.20. The van der Waals surface area contributed by atoms with E-state index in [-0.39, 0.29) is 0 Å². The number of hydrogen-bond donors (Lipinski definition) is 1. The summed E-state index contributed by atoms with van der Waals surface area (Å²) in [5.41, 5.74) is -0.188. The van der Waals surface area contributed by atoms with E-state index in [4.69, 9.17) is 0 Å². The van der Waals surface area contributed by atoms with Crippen LogP contribution < -0.4 is 0 Å². The van der Waals surface area contributed by atoms with Gasteiger partial charge in [0.05, 0.1) is 5.69 Å². The van der Waals surface area contributed by atoms with Crippen molar-refractivity contribution in [1.29, 1.82) is 0 Å². The number of aliphatic hydroxyl groups is 1. The van der Waals surface area contributed by atoms with Crippen LogP contribution in [-0.4, -0.2) is 10.1 Å². The third-order valence-corrected chi connectivity index (χ3v) is 2.54. The van der Waals surface area contributed by atoms with E-state index in [9.17, 15) is 5.11 Å². The van der Waals surface area contributed by atoms with Gasteiger partial charge in [0.2, 0.25) is 0 Å². The largest absolute Gasteiger partial charge is 0.384 e. The van der Waals surface area contributed by atoms with Gasteiger partial charge in [-0.2, -0.15) is 0 Å². The van der Waals surface area contributed by atoms with Crippen LogP contribution in [0.5, 0.6) is 0 Å². The number of pyridine rings is 1. The van der Waals surface area contributed by atoms with E-state index < -0.39 is 5.60 Å². The molecule has 0 aromatic carbocycles. The Hall–Kier alpha value is -0.670. The Kier molecular flexibility index (Phi) is 3.84. The van der Waals surface area contributed by atoms with Gasteiger partial charge in [-0.15, -0.1) is 6.58 Å². The third kappa shape index (κ3) is 2.93. The molecule has 14 heavy (non-hydrogen) atoms. The zero-order valence-corrected chi connectivity index (χ0v) is 9.79. The first-order valence-corrected chi connectivity index (χ1v) is 5.32. The lowest BCUT2D eigenvalue weighted by atomic mass is 9.96. The summed E-state index contributed by atoms with van der Waals surface area (Å²) in [7, 11) is 0. The van der Waals surface area contributed by atoms with Gasteiger partial charge < -0.3 is 5.11 Å². The molecule has 1 aromatic rings. The predicted octanol–water partition coefficient (Wildman–Crippen LogP) is 3.02. The van der Waals surface area contributed by atoms with Gasteiger partial charge in [0.15, 0.2) is 0 Å². The van der Waals surface area contributed by atoms with Gasteiger partial charge >= 0.3 is 0 Å². The standard InChI is InChI=1S/C11H14BrNO/c1-3-4-8-11(2,14)9-6-5-7-10(12)13-9/h3,5-7,14H,1,4,8H2,2H3/t11-/m1/s1. The van der Waals surface area contributed by atoms with Crippen LogP contribution in [0.25, 0.3) is 0 Å². The van der Waals surface area contributed by atoms with E-state index in [1.54, 1.807) is 13.0 Å². The van der Waals surface area contributed by atoms with E-state index in [0.29, 0.717) is 12.1 Å². The molecule has 0 saturated heterocycles. The molecule has 1 rings (SSSR count). The first-order chi connectivity index (χ1) is 6.56. The van der Waals surface area contributed by atoms with Gasteiger partial charge in [-0.1, -0.05) is 12.1 Å². The molecule has 1 aromatic heterocycles. The summed E-state index contributed by atoms with van der Waals surface area (Å²) in [5, 5.41) is 10.1. The summed E-state index contributed by atoms with van der Waals surface area (Å²) in [5.74, 6) is 0. The summed E-state index contributed by atoms with van der Waals surface area (Å²) >= 11 is 3.28. The lowest BCUT2D eigenvalue weighted by Crippen LogP contribution is -2.22. The highest BCUT2D eigenvalue weighted by Crippen LogP contribution is 2.25. The van der Waals surface area contributed by atoms with Gasteiger partial charge in [-0.25, -0.2) is 4.98 Å². The Morgan fingerprint density at radius 3 is 2.93 bits per heavy atom. The molecular weight excluding hydrogens is 242 g/mol. The maximum atomic E-state index is 10.1. The van der Waals surface area contributed by atoms with Crippen molar-refractivity contribution in [3.63, 3.8) is 0 Å². The molecule has 0 aliphatic carbocycles. The molecule has 0 radical (unpaired) electrons. The Balaban J connectivity index is 2.85. The van der Waals surface area contributed by atoms with Crippen molar-refractivity contribution in [1.82, 2.24) is 4.98 Å². The molecule has 1 N–H and O–H groups in total. The third-order valence-electron chi connectivity index (χ3n) is 2.10. The number of rotatable bonds is 4. The van der Waals surface area contributed by atoms with Gasteiger partial charge in [0.1, 0.15) is 10.2 Å². The monoisotopic (exact) mass is 255 g/mol. The van der Waals surface area contributed by atoms with E-state index in [2.05, 4.69) is 27.5 Å². The van der Waals surface area contributed by atoms with Crippen LogP contribution in [0.3, 0.4) is 0 Å². The summed E-state index contributed by atoms with van der Waals surface area (Å²) in [6, 6.07) is 5.54. The summed E-state index contributed by atoms with van der Waals surface area (Å²) in [6.45, 7) is 5.40. The molecule has 0 amide bonds. The molecule has 0 aliphatic rings. The van der Waals surface area contributed by atoms with E-state index in [1.807, 2.05) is 18.2 Å². The van der Waals surface area contributed by atoms with Crippen molar-refractivity contribution >= 4 is 15.9 Å². The second kappa shape index (κ2) is 4.71. The lowest BCUT2D eigenvalue weighted by Gasteiger charge is -2.21. The molecule has 0 fully saturated rings. The molecule has 3 heteroatoms. The van der Waals surface area contributed by atoms with Gasteiger partial charge in [0.25, 0.3) is 0 Å². The van der Waals surface area contributed by atoms with E-state index in [0.717, 1.165) is 11.0 Å². The van der Waals surface area contributed by atoms with E-state index in [1.165, 1.54) is 0 Å². The summed E-state index contributed by atoms with van der Waals surface area (Å²) in [4.78, 5) is 4.23. The molecule has 0 aliphatic heterocycles. The van der Waals surface area contributed by atoms with Crippen LogP contribution >= 0.6 is 15.9 Å². The highest BCUT2D eigenvalue weighted by atomic mass is 79.9. The van der Waals surface area contributed by atoms with E-state index >= 15 is 0 Å². The summed E-state index contributed by atoms with van der Waals surface area (Å²) in [6.07, 6.45) is 3.22. The lowest BCUT2D eigenvalue weighted by molar-refractivity contribution is 0.0441. The van der Waals surface area contributed by atoms with Crippen LogP contribution in [0.15, 0.2) is 35.5 Å². The van der Waals surface area contributed by atoms with Crippen LogP contribution in [0.2, 0.25) is 0 Å². The average molecular weight is 256 g/mol. The maximum Gasteiger partial charge on any atom is 0.106 e. The van der Waals surface area contributed by atoms with Crippen molar-refractivity contribution in [2.45, 2.75) is 25.4 Å². The average Bonchev–Trinajstić information content (AvgIpc) is 2.15. The molecule has 76 valence electrons. The number of aromatic nitrogens is 1. The van der Waals surface area contributed by atoms with Gasteiger partial charge in [-0.05, 0) is 47.8 Å². The second-order valence-electron chi connectivity index (χ2n) is 3.45. The first-order valence-electron chi connectivity index (χ1n) is 4.52. The van der Waals surface area contributed by atoms with Crippen molar-refractivity contribution in [2.24, 2.45) is 0 Å². The smallest absolute Gasteiger partial charge is 0.106 e. The fourth-order valence-electron chi connectivity index (χ4n) is 1.22. The van der Waals surface area contributed by atoms with Crippen molar-refractivity contribution in [2.75, 3.05) is 0 Å². The highest BCUT2D eigenvalue weighted by Gasteiger charge is 2.23. The Labute approximate surface area is 92.8 Å². The number of allylic oxidation sites excluding steroid dienone is 1. The number of nitrogens with zero attached hydrogens (tertiary/aromatic N) is 1.